The normalized spacial score (nSPS) is 19.8. The first-order chi connectivity index (χ1) is 10.1. The van der Waals surface area contributed by atoms with Crippen molar-refractivity contribution in [2.45, 2.75) is 12.5 Å². The Morgan fingerprint density at radius 2 is 2.19 bits per heavy atom. The second-order valence-corrected chi connectivity index (χ2v) is 5.69. The Morgan fingerprint density at radius 3 is 2.90 bits per heavy atom. The van der Waals surface area contributed by atoms with Crippen LogP contribution in [0, 0.1) is 0 Å². The van der Waals surface area contributed by atoms with Crippen LogP contribution >= 0.6 is 0 Å². The van der Waals surface area contributed by atoms with E-state index in [4.69, 9.17) is 10.5 Å². The molecule has 1 heterocycles. The van der Waals surface area contributed by atoms with Gasteiger partial charge in [-0.1, -0.05) is 30.3 Å². The second kappa shape index (κ2) is 8.12. The summed E-state index contributed by atoms with van der Waals surface area (Å²) in [5.41, 5.74) is 6.57. The van der Waals surface area contributed by atoms with Crippen molar-refractivity contribution < 1.29 is 9.53 Å². The van der Waals surface area contributed by atoms with Gasteiger partial charge in [-0.05, 0) is 19.0 Å². The summed E-state index contributed by atoms with van der Waals surface area (Å²) < 4.78 is 5.78. The molecule has 0 aliphatic carbocycles. The standard InChI is InChI=1S/C16H25N3O2/c1-18(13-16(17)20)11-15-12-19(9-10-21-15)8-7-14-5-3-2-4-6-14/h2-6,15H,7-13H2,1H3,(H2,17,20). The van der Waals surface area contributed by atoms with E-state index in [1.54, 1.807) is 0 Å². The average molecular weight is 291 g/mol. The number of hydrogen-bond donors (Lipinski definition) is 1. The molecule has 1 aromatic carbocycles. The molecule has 1 aliphatic heterocycles. The summed E-state index contributed by atoms with van der Waals surface area (Å²) in [5.74, 6) is -0.297. The van der Waals surface area contributed by atoms with Gasteiger partial charge in [-0.2, -0.15) is 0 Å². The van der Waals surface area contributed by atoms with Crippen molar-refractivity contribution in [3.63, 3.8) is 0 Å². The molecular weight excluding hydrogens is 266 g/mol. The summed E-state index contributed by atoms with van der Waals surface area (Å²) in [6, 6.07) is 10.5. The van der Waals surface area contributed by atoms with Crippen LogP contribution in [0.15, 0.2) is 30.3 Å². The van der Waals surface area contributed by atoms with Gasteiger partial charge in [0.1, 0.15) is 0 Å². The van der Waals surface area contributed by atoms with E-state index >= 15 is 0 Å². The van der Waals surface area contributed by atoms with Crippen LogP contribution in [-0.2, 0) is 16.0 Å². The predicted octanol–water partition coefficient (Wildman–Crippen LogP) is 0.347. The molecule has 5 nitrogen and oxygen atoms in total. The Hall–Kier alpha value is -1.43. The van der Waals surface area contributed by atoms with Gasteiger partial charge in [0.15, 0.2) is 0 Å². The topological polar surface area (TPSA) is 58.8 Å². The minimum Gasteiger partial charge on any atom is -0.374 e. The number of carbonyl (C=O) groups is 1. The Bertz CT molecular complexity index is 438. The van der Waals surface area contributed by atoms with E-state index in [0.29, 0.717) is 0 Å². The first-order valence-electron chi connectivity index (χ1n) is 7.48. The Balaban J connectivity index is 1.74. The molecule has 21 heavy (non-hydrogen) atoms. The fraction of sp³-hybridized carbons (Fsp3) is 0.562. The monoisotopic (exact) mass is 291 g/mol. The van der Waals surface area contributed by atoms with E-state index in [-0.39, 0.29) is 18.6 Å². The molecule has 1 unspecified atom stereocenters. The molecule has 1 fully saturated rings. The predicted molar refractivity (Wildman–Crippen MR) is 83.0 cm³/mol. The molecule has 0 saturated carbocycles. The van der Waals surface area contributed by atoms with Crippen molar-refractivity contribution in [1.82, 2.24) is 9.80 Å². The van der Waals surface area contributed by atoms with Crippen LogP contribution in [0.25, 0.3) is 0 Å². The van der Waals surface area contributed by atoms with Crippen LogP contribution in [-0.4, -0.2) is 68.2 Å². The van der Waals surface area contributed by atoms with Gasteiger partial charge in [0.2, 0.25) is 5.91 Å². The number of amides is 1. The first kappa shape index (κ1) is 15.9. The SMILES string of the molecule is CN(CC(N)=O)CC1CN(CCc2ccccc2)CCO1. The fourth-order valence-electron chi connectivity index (χ4n) is 2.70. The highest BCUT2D eigenvalue weighted by atomic mass is 16.5. The third-order valence-corrected chi connectivity index (χ3v) is 3.72. The van der Waals surface area contributed by atoms with Gasteiger partial charge < -0.3 is 10.5 Å². The third kappa shape index (κ3) is 5.83. The van der Waals surface area contributed by atoms with Crippen molar-refractivity contribution in [2.75, 3.05) is 46.4 Å². The van der Waals surface area contributed by atoms with Crippen molar-refractivity contribution in [3.8, 4) is 0 Å². The summed E-state index contributed by atoms with van der Waals surface area (Å²) in [5, 5.41) is 0. The lowest BCUT2D eigenvalue weighted by atomic mass is 10.1. The largest absolute Gasteiger partial charge is 0.374 e. The van der Waals surface area contributed by atoms with Gasteiger partial charge in [0.05, 0.1) is 19.3 Å². The third-order valence-electron chi connectivity index (χ3n) is 3.72. The summed E-state index contributed by atoms with van der Waals surface area (Å²) in [6.07, 6.45) is 1.21. The van der Waals surface area contributed by atoms with Gasteiger partial charge in [-0.3, -0.25) is 14.6 Å². The average Bonchev–Trinajstić information content (AvgIpc) is 2.46. The number of benzene rings is 1. The maximum absolute atomic E-state index is 10.9. The highest BCUT2D eigenvalue weighted by Crippen LogP contribution is 2.08. The van der Waals surface area contributed by atoms with Gasteiger partial charge in [0.25, 0.3) is 0 Å². The lowest BCUT2D eigenvalue weighted by molar-refractivity contribution is -0.119. The van der Waals surface area contributed by atoms with Crippen LogP contribution in [0.2, 0.25) is 0 Å². The number of ether oxygens (including phenoxy) is 1. The van der Waals surface area contributed by atoms with E-state index in [2.05, 4.69) is 29.2 Å². The molecule has 0 spiro atoms. The maximum atomic E-state index is 10.9. The molecule has 0 aromatic heterocycles. The number of nitrogens with zero attached hydrogens (tertiary/aromatic N) is 2. The summed E-state index contributed by atoms with van der Waals surface area (Å²) in [6.45, 7) is 4.71. The Kier molecular flexibility index (Phi) is 6.17. The number of carbonyl (C=O) groups excluding carboxylic acids is 1. The lowest BCUT2D eigenvalue weighted by Gasteiger charge is -2.34. The summed E-state index contributed by atoms with van der Waals surface area (Å²) >= 11 is 0. The van der Waals surface area contributed by atoms with Gasteiger partial charge in [-0.25, -0.2) is 0 Å². The van der Waals surface area contributed by atoms with Crippen molar-refractivity contribution >= 4 is 5.91 Å². The summed E-state index contributed by atoms with van der Waals surface area (Å²) in [4.78, 5) is 15.3. The van der Waals surface area contributed by atoms with Crippen LogP contribution in [0.3, 0.4) is 0 Å². The number of hydrogen-bond acceptors (Lipinski definition) is 4. The molecule has 1 atom stereocenters. The molecule has 2 rings (SSSR count). The van der Waals surface area contributed by atoms with E-state index in [1.165, 1.54) is 5.56 Å². The highest BCUT2D eigenvalue weighted by molar-refractivity contribution is 5.75. The molecule has 0 bridgehead atoms. The molecule has 1 saturated heterocycles. The zero-order valence-electron chi connectivity index (χ0n) is 12.7. The zero-order valence-corrected chi connectivity index (χ0v) is 12.7. The number of rotatable bonds is 7. The molecule has 116 valence electrons. The number of likely N-dealkylation sites (N-methyl/N-ethyl adjacent to an activating group) is 1. The van der Waals surface area contributed by atoms with Crippen LogP contribution < -0.4 is 5.73 Å². The van der Waals surface area contributed by atoms with Gasteiger partial charge in [-0.15, -0.1) is 0 Å². The quantitative estimate of drug-likeness (QED) is 0.787. The van der Waals surface area contributed by atoms with Crippen molar-refractivity contribution in [3.05, 3.63) is 35.9 Å². The van der Waals surface area contributed by atoms with Gasteiger partial charge in [0, 0.05) is 26.2 Å². The Morgan fingerprint density at radius 1 is 1.43 bits per heavy atom. The fourth-order valence-corrected chi connectivity index (χ4v) is 2.70. The minimum atomic E-state index is -0.297. The molecule has 2 N–H and O–H groups in total. The van der Waals surface area contributed by atoms with Crippen LogP contribution in [0.4, 0.5) is 0 Å². The Labute approximate surface area is 126 Å². The van der Waals surface area contributed by atoms with Crippen molar-refractivity contribution in [1.29, 1.82) is 0 Å². The van der Waals surface area contributed by atoms with Crippen LogP contribution in [0.5, 0.6) is 0 Å². The van der Waals surface area contributed by atoms with E-state index in [1.807, 2.05) is 18.0 Å². The van der Waals surface area contributed by atoms with Gasteiger partial charge >= 0.3 is 0 Å². The molecule has 1 aliphatic rings. The van der Waals surface area contributed by atoms with Crippen molar-refractivity contribution in [2.24, 2.45) is 5.73 Å². The first-order valence-corrected chi connectivity index (χ1v) is 7.48. The lowest BCUT2D eigenvalue weighted by Crippen LogP contribution is -2.48. The van der Waals surface area contributed by atoms with E-state index in [9.17, 15) is 4.79 Å². The second-order valence-electron chi connectivity index (χ2n) is 5.69. The molecule has 5 heteroatoms. The molecule has 1 amide bonds. The van der Waals surface area contributed by atoms with Crippen LogP contribution in [0.1, 0.15) is 5.56 Å². The minimum absolute atomic E-state index is 0.152. The summed E-state index contributed by atoms with van der Waals surface area (Å²) in [7, 11) is 1.90. The number of primary amides is 1. The number of nitrogens with two attached hydrogens (primary N) is 1. The number of morpholine rings is 1. The molecule has 1 aromatic rings. The van der Waals surface area contributed by atoms with E-state index in [0.717, 1.165) is 39.2 Å². The maximum Gasteiger partial charge on any atom is 0.231 e. The smallest absolute Gasteiger partial charge is 0.231 e. The molecule has 0 radical (unpaired) electrons. The molecular formula is C16H25N3O2. The zero-order chi connectivity index (χ0) is 15.1. The van der Waals surface area contributed by atoms with E-state index < -0.39 is 0 Å². The highest BCUT2D eigenvalue weighted by Gasteiger charge is 2.21.